The van der Waals surface area contributed by atoms with Crippen LogP contribution >= 0.6 is 7.75 Å². The molecule has 2 aromatic heterocycles. The second-order valence-corrected chi connectivity index (χ2v) is 12.5. The molecule has 222 valence electrons. The minimum absolute atomic E-state index is 0.0555. The van der Waals surface area contributed by atoms with Gasteiger partial charge in [-0.1, -0.05) is 25.1 Å². The van der Waals surface area contributed by atoms with E-state index in [4.69, 9.17) is 24.3 Å². The monoisotopic (exact) mass is 593 g/mol. The zero-order valence-corrected chi connectivity index (χ0v) is 23.4. The van der Waals surface area contributed by atoms with E-state index in [1.165, 1.54) is 29.9 Å². The van der Waals surface area contributed by atoms with Crippen LogP contribution < -0.4 is 15.3 Å². The van der Waals surface area contributed by atoms with E-state index in [2.05, 4.69) is 15.2 Å². The first kappa shape index (κ1) is 29.4. The van der Waals surface area contributed by atoms with Crippen molar-refractivity contribution in [2.75, 3.05) is 25.6 Å². The molecule has 1 aliphatic heterocycles. The third kappa shape index (κ3) is 6.08. The smallest absolute Gasteiger partial charge is 0.459 e. The van der Waals surface area contributed by atoms with Crippen LogP contribution in [0.3, 0.4) is 0 Å². The van der Waals surface area contributed by atoms with E-state index in [1.807, 2.05) is 6.92 Å². The Labute approximate surface area is 235 Å². The molecule has 41 heavy (non-hydrogen) atoms. The third-order valence-corrected chi connectivity index (χ3v) is 9.01. The van der Waals surface area contributed by atoms with Crippen molar-refractivity contribution in [1.29, 1.82) is 0 Å². The van der Waals surface area contributed by atoms with Crippen molar-refractivity contribution in [3.05, 3.63) is 54.5 Å². The number of esters is 1. The highest BCUT2D eigenvalue weighted by Gasteiger charge is 2.57. The topological polar surface area (TPSA) is 180 Å². The molecule has 1 aliphatic carbocycles. The van der Waals surface area contributed by atoms with Crippen LogP contribution in [0.25, 0.3) is 5.52 Å². The van der Waals surface area contributed by atoms with E-state index < -0.39 is 57.0 Å². The van der Waals surface area contributed by atoms with Gasteiger partial charge in [0.2, 0.25) is 0 Å². The van der Waals surface area contributed by atoms with Crippen LogP contribution in [0.15, 0.2) is 48.8 Å². The van der Waals surface area contributed by atoms with Crippen LogP contribution in [-0.2, 0) is 23.4 Å². The second-order valence-electron chi connectivity index (χ2n) is 10.8. The lowest BCUT2D eigenvalue weighted by molar-refractivity contribution is -0.147. The van der Waals surface area contributed by atoms with Gasteiger partial charge in [0.05, 0.1) is 18.9 Å². The van der Waals surface area contributed by atoms with E-state index in [-0.39, 0.29) is 29.3 Å². The van der Waals surface area contributed by atoms with Crippen molar-refractivity contribution in [3.8, 4) is 5.75 Å². The van der Waals surface area contributed by atoms with Gasteiger partial charge in [-0.05, 0) is 44.0 Å². The van der Waals surface area contributed by atoms with E-state index >= 15 is 0 Å². The van der Waals surface area contributed by atoms with Crippen LogP contribution in [0.5, 0.6) is 5.75 Å². The number of benzene rings is 1. The normalized spacial score (nSPS) is 27.3. The lowest BCUT2D eigenvalue weighted by atomic mass is 9.96. The Bertz CT molecular complexity index is 1440. The molecule has 3 heterocycles. The Morgan fingerprint density at radius 3 is 2.68 bits per heavy atom. The van der Waals surface area contributed by atoms with Crippen LogP contribution in [-0.4, -0.2) is 74.5 Å². The average Bonchev–Trinajstić information content (AvgIpc) is 3.44. The molecule has 2 fully saturated rings. The van der Waals surface area contributed by atoms with E-state index in [0.29, 0.717) is 5.52 Å². The molecule has 1 saturated heterocycles. The lowest BCUT2D eigenvalue weighted by Gasteiger charge is -2.31. The second kappa shape index (κ2) is 11.3. The summed E-state index contributed by atoms with van der Waals surface area (Å²) in [5.74, 6) is -0.359. The number of ether oxygens (including phenoxy) is 2. The van der Waals surface area contributed by atoms with Gasteiger partial charge >= 0.3 is 13.7 Å². The van der Waals surface area contributed by atoms with Gasteiger partial charge in [-0.25, -0.2) is 18.5 Å². The molecule has 0 unspecified atom stereocenters. The molecule has 2 aliphatic rings. The number of aromatic nitrogens is 3. The molecule has 0 spiro atoms. The maximum Gasteiger partial charge on any atom is 0.459 e. The number of hydrogen-bond acceptors (Lipinski definition) is 11. The number of nitrogens with two attached hydrogens (primary N) is 1. The Morgan fingerprint density at radius 2 is 2.00 bits per heavy atom. The van der Waals surface area contributed by atoms with Crippen LogP contribution in [0.4, 0.5) is 10.2 Å². The van der Waals surface area contributed by atoms with Gasteiger partial charge in [-0.2, -0.15) is 10.2 Å². The van der Waals surface area contributed by atoms with Crippen molar-refractivity contribution in [1.82, 2.24) is 19.7 Å². The maximum absolute atomic E-state index is 14.6. The zero-order chi connectivity index (χ0) is 29.4. The number of nitrogens with zero attached hydrogens (tertiary/aromatic N) is 3. The van der Waals surface area contributed by atoms with Gasteiger partial charge in [0.1, 0.15) is 54.2 Å². The molecule has 0 amide bonds. The number of alkyl halides is 1. The SMILES string of the molecule is C[C@H](N[P@](=O)(OC[C@@]1(CF)O[C@@H](c2ccc3c(N)ncnn23)[C@H](O)[C@@H]1O)Oc1ccccc1)C(=O)OCC1(C)CC1. The van der Waals surface area contributed by atoms with Gasteiger partial charge < -0.3 is 29.9 Å². The van der Waals surface area contributed by atoms with Crippen LogP contribution in [0.1, 0.15) is 38.5 Å². The Kier molecular flexibility index (Phi) is 8.07. The summed E-state index contributed by atoms with van der Waals surface area (Å²) in [5, 5.41) is 28.4. The first-order chi connectivity index (χ1) is 19.5. The number of carbonyl (C=O) groups excluding carboxylic acids is 1. The molecule has 13 nitrogen and oxygen atoms in total. The highest BCUT2D eigenvalue weighted by Crippen LogP contribution is 2.49. The number of rotatable bonds is 12. The first-order valence-corrected chi connectivity index (χ1v) is 14.6. The highest BCUT2D eigenvalue weighted by atomic mass is 31.2. The number of anilines is 1. The third-order valence-electron chi connectivity index (χ3n) is 7.38. The van der Waals surface area contributed by atoms with E-state index in [9.17, 15) is 24.0 Å². The fourth-order valence-corrected chi connectivity index (χ4v) is 6.03. The zero-order valence-electron chi connectivity index (χ0n) is 22.6. The Hall–Kier alpha value is -3.13. The molecule has 6 atom stereocenters. The summed E-state index contributed by atoms with van der Waals surface area (Å²) in [4.78, 5) is 16.5. The van der Waals surface area contributed by atoms with Crippen LogP contribution in [0, 0.1) is 5.41 Å². The Morgan fingerprint density at radius 1 is 1.27 bits per heavy atom. The highest BCUT2D eigenvalue weighted by molar-refractivity contribution is 7.52. The predicted octanol–water partition coefficient (Wildman–Crippen LogP) is 2.34. The molecular formula is C26H33FN5O8P. The molecule has 0 radical (unpaired) electrons. The summed E-state index contributed by atoms with van der Waals surface area (Å²) >= 11 is 0. The van der Waals surface area contributed by atoms with Crippen LogP contribution in [0.2, 0.25) is 0 Å². The standard InChI is InChI=1S/C26H33FN5O8P/c1-16(24(35)37-13-25(2)10-11-25)31-41(36,40-17-6-4-3-5-7-17)38-14-26(12-27)22(34)20(33)21(39-26)18-8-9-19-23(28)29-15-30-32(18)19/h3-9,15-16,20-22,33-34H,10-14H2,1-2H3,(H,31,36)(H2,28,29,30)/t16-,20-,21-,22-,26+,41-/m0/s1. The van der Waals surface area contributed by atoms with Crippen molar-refractivity contribution in [2.45, 2.75) is 56.6 Å². The number of halogens is 1. The average molecular weight is 594 g/mol. The molecule has 5 rings (SSSR count). The number of hydrogen-bond donors (Lipinski definition) is 4. The van der Waals surface area contributed by atoms with Crippen molar-refractivity contribution < 1.29 is 42.5 Å². The number of carbonyl (C=O) groups is 1. The molecular weight excluding hydrogens is 560 g/mol. The summed E-state index contributed by atoms with van der Waals surface area (Å²) in [7, 11) is -4.41. The van der Waals surface area contributed by atoms with Crippen molar-refractivity contribution >= 4 is 25.1 Å². The minimum Gasteiger partial charge on any atom is -0.464 e. The number of nitrogen functional groups attached to an aromatic ring is 1. The number of aliphatic hydroxyl groups excluding tert-OH is 2. The number of nitrogens with one attached hydrogen (secondary N) is 1. The van der Waals surface area contributed by atoms with E-state index in [1.54, 1.807) is 30.3 Å². The quantitative estimate of drug-likeness (QED) is 0.178. The molecule has 1 aromatic carbocycles. The summed E-state index contributed by atoms with van der Waals surface area (Å²) in [5.41, 5.74) is 4.38. The molecule has 1 saturated carbocycles. The lowest BCUT2D eigenvalue weighted by Crippen LogP contribution is -2.49. The van der Waals surface area contributed by atoms with Gasteiger partial charge in [0, 0.05) is 5.41 Å². The van der Waals surface area contributed by atoms with Crippen molar-refractivity contribution in [3.63, 3.8) is 0 Å². The number of aliphatic hydroxyl groups is 2. The molecule has 0 bridgehead atoms. The minimum atomic E-state index is -4.41. The number of para-hydroxylation sites is 1. The van der Waals surface area contributed by atoms with Gasteiger partial charge in [0.25, 0.3) is 0 Å². The summed E-state index contributed by atoms with van der Waals surface area (Å²) in [6, 6.07) is 10.1. The Balaban J connectivity index is 1.35. The van der Waals surface area contributed by atoms with Gasteiger partial charge in [-0.15, -0.1) is 0 Å². The summed E-state index contributed by atoms with van der Waals surface area (Å²) < 4.78 is 52.4. The maximum atomic E-state index is 14.6. The fourth-order valence-electron chi connectivity index (χ4n) is 4.48. The number of fused-ring (bicyclic) bond motifs is 1. The van der Waals surface area contributed by atoms with Gasteiger partial charge in [-0.3, -0.25) is 9.32 Å². The summed E-state index contributed by atoms with van der Waals surface area (Å²) in [6.07, 6.45) is -1.56. The largest absolute Gasteiger partial charge is 0.464 e. The first-order valence-electron chi connectivity index (χ1n) is 13.1. The molecule has 15 heteroatoms. The van der Waals surface area contributed by atoms with Gasteiger partial charge in [0.15, 0.2) is 5.82 Å². The van der Waals surface area contributed by atoms with E-state index in [0.717, 1.165) is 12.8 Å². The summed E-state index contributed by atoms with van der Waals surface area (Å²) in [6.45, 7) is 1.52. The molecule has 5 N–H and O–H groups in total. The molecule has 3 aromatic rings. The fraction of sp³-hybridized carbons (Fsp3) is 0.500. The predicted molar refractivity (Wildman–Crippen MR) is 143 cm³/mol. The van der Waals surface area contributed by atoms with Crippen molar-refractivity contribution in [2.24, 2.45) is 5.41 Å².